The maximum atomic E-state index is 5.44. The summed E-state index contributed by atoms with van der Waals surface area (Å²) in [4.78, 5) is 0. The highest BCUT2D eigenvalue weighted by molar-refractivity contribution is 5.24. The Morgan fingerprint density at radius 3 is 2.82 bits per heavy atom. The average molecular weight is 233 g/mol. The third-order valence-electron chi connectivity index (χ3n) is 3.73. The van der Waals surface area contributed by atoms with E-state index in [2.05, 4.69) is 50.4 Å². The summed E-state index contributed by atoms with van der Waals surface area (Å²) in [5.74, 6) is 0.669. The fourth-order valence-corrected chi connectivity index (χ4v) is 2.51. The first kappa shape index (κ1) is 12.6. The predicted molar refractivity (Wildman–Crippen MR) is 71.1 cm³/mol. The van der Waals surface area contributed by atoms with E-state index in [1.807, 2.05) is 0 Å². The van der Waals surface area contributed by atoms with Crippen LogP contribution < -0.4 is 5.32 Å². The van der Waals surface area contributed by atoms with Gasteiger partial charge in [-0.25, -0.2) is 0 Å². The smallest absolute Gasteiger partial charge is 0.0509 e. The monoisotopic (exact) mass is 233 g/mol. The topological polar surface area (TPSA) is 21.3 Å². The van der Waals surface area contributed by atoms with E-state index < -0.39 is 0 Å². The third-order valence-corrected chi connectivity index (χ3v) is 3.73. The number of rotatable bonds is 4. The fourth-order valence-electron chi connectivity index (χ4n) is 2.51. The molecule has 3 atom stereocenters. The molecule has 0 amide bonds. The fraction of sp³-hybridized carbons (Fsp3) is 0.600. The molecule has 1 N–H and O–H groups in total. The van der Waals surface area contributed by atoms with Crippen LogP contribution in [0, 0.1) is 12.8 Å². The van der Waals surface area contributed by atoms with Crippen molar-refractivity contribution < 1.29 is 4.74 Å². The molecular weight excluding hydrogens is 210 g/mol. The van der Waals surface area contributed by atoms with Gasteiger partial charge in [0.25, 0.3) is 0 Å². The first-order valence-corrected chi connectivity index (χ1v) is 6.57. The van der Waals surface area contributed by atoms with Crippen LogP contribution in [0.5, 0.6) is 0 Å². The molecular formula is C15H23NO. The van der Waals surface area contributed by atoms with E-state index in [0.29, 0.717) is 18.0 Å². The molecule has 2 rings (SSSR count). The van der Waals surface area contributed by atoms with E-state index >= 15 is 0 Å². The number of hydrogen-bond donors (Lipinski definition) is 1. The zero-order chi connectivity index (χ0) is 12.3. The minimum atomic E-state index is 0.408. The van der Waals surface area contributed by atoms with Crippen molar-refractivity contribution in [1.82, 2.24) is 5.32 Å². The second-order valence-electron chi connectivity index (χ2n) is 5.21. The zero-order valence-electron chi connectivity index (χ0n) is 11.1. The van der Waals surface area contributed by atoms with E-state index in [0.717, 1.165) is 13.2 Å². The van der Waals surface area contributed by atoms with E-state index in [9.17, 15) is 0 Å². The van der Waals surface area contributed by atoms with Crippen molar-refractivity contribution in [2.24, 2.45) is 5.92 Å². The molecule has 0 spiro atoms. The molecule has 0 aliphatic carbocycles. The molecule has 0 bridgehead atoms. The second kappa shape index (κ2) is 5.65. The standard InChI is InChI=1S/C15H23NO/c1-11-5-4-6-14(9-11)12(2)16-13(3)15-7-8-17-10-15/h4-6,9,12-13,15-16H,7-8,10H2,1-3H3/t12-,13?,15?/m1/s1. The summed E-state index contributed by atoms with van der Waals surface area (Å²) in [6, 6.07) is 9.66. The van der Waals surface area contributed by atoms with Crippen LogP contribution in [0.25, 0.3) is 0 Å². The van der Waals surface area contributed by atoms with E-state index in [4.69, 9.17) is 4.74 Å². The number of nitrogens with one attached hydrogen (secondary N) is 1. The Hall–Kier alpha value is -0.860. The number of benzene rings is 1. The van der Waals surface area contributed by atoms with Crippen molar-refractivity contribution in [3.63, 3.8) is 0 Å². The lowest BCUT2D eigenvalue weighted by atomic mass is 9.98. The lowest BCUT2D eigenvalue weighted by Gasteiger charge is -2.24. The Labute approximate surface area is 104 Å². The van der Waals surface area contributed by atoms with Crippen LogP contribution in [0.3, 0.4) is 0 Å². The van der Waals surface area contributed by atoms with Crippen molar-refractivity contribution in [2.45, 2.75) is 39.3 Å². The molecule has 1 heterocycles. The quantitative estimate of drug-likeness (QED) is 0.863. The van der Waals surface area contributed by atoms with Gasteiger partial charge in [0.2, 0.25) is 0 Å². The summed E-state index contributed by atoms with van der Waals surface area (Å²) < 4.78 is 5.44. The maximum absolute atomic E-state index is 5.44. The van der Waals surface area contributed by atoms with Gasteiger partial charge in [0, 0.05) is 18.7 Å². The Morgan fingerprint density at radius 1 is 1.35 bits per heavy atom. The molecule has 1 fully saturated rings. The summed E-state index contributed by atoms with van der Waals surface area (Å²) >= 11 is 0. The first-order valence-electron chi connectivity index (χ1n) is 6.57. The molecule has 2 heteroatoms. The van der Waals surface area contributed by atoms with E-state index in [-0.39, 0.29) is 0 Å². The number of hydrogen-bond acceptors (Lipinski definition) is 2. The summed E-state index contributed by atoms with van der Waals surface area (Å²) in [5, 5.41) is 3.69. The van der Waals surface area contributed by atoms with Crippen molar-refractivity contribution in [3.8, 4) is 0 Å². The van der Waals surface area contributed by atoms with Crippen LogP contribution in [0.4, 0.5) is 0 Å². The highest BCUT2D eigenvalue weighted by atomic mass is 16.5. The minimum Gasteiger partial charge on any atom is -0.381 e. The van der Waals surface area contributed by atoms with Crippen LogP contribution in [0.15, 0.2) is 24.3 Å². The van der Waals surface area contributed by atoms with Gasteiger partial charge in [0.05, 0.1) is 6.61 Å². The molecule has 1 aromatic carbocycles. The number of aryl methyl sites for hydroxylation is 1. The lowest BCUT2D eigenvalue weighted by Crippen LogP contribution is -2.35. The highest BCUT2D eigenvalue weighted by Gasteiger charge is 2.23. The van der Waals surface area contributed by atoms with E-state index in [1.54, 1.807) is 0 Å². The lowest BCUT2D eigenvalue weighted by molar-refractivity contribution is 0.177. The normalized spacial score (nSPS) is 23.6. The molecule has 1 aromatic rings. The van der Waals surface area contributed by atoms with Gasteiger partial charge in [-0.1, -0.05) is 29.8 Å². The largest absolute Gasteiger partial charge is 0.381 e. The highest BCUT2D eigenvalue weighted by Crippen LogP contribution is 2.20. The van der Waals surface area contributed by atoms with Crippen LogP contribution in [0.2, 0.25) is 0 Å². The second-order valence-corrected chi connectivity index (χ2v) is 5.21. The predicted octanol–water partition coefficient (Wildman–Crippen LogP) is 3.07. The molecule has 0 saturated carbocycles. The van der Waals surface area contributed by atoms with Gasteiger partial charge in [-0.05, 0) is 38.7 Å². The van der Waals surface area contributed by atoms with Gasteiger partial charge in [-0.2, -0.15) is 0 Å². The Kier molecular flexibility index (Phi) is 4.19. The third kappa shape index (κ3) is 3.30. The molecule has 1 saturated heterocycles. The average Bonchev–Trinajstić information content (AvgIpc) is 2.82. The Balaban J connectivity index is 1.93. The summed E-state index contributed by atoms with van der Waals surface area (Å²) in [7, 11) is 0. The molecule has 0 radical (unpaired) electrons. The Bertz CT molecular complexity index is 358. The summed E-state index contributed by atoms with van der Waals surface area (Å²) in [6.07, 6.45) is 1.19. The van der Waals surface area contributed by atoms with Gasteiger partial charge < -0.3 is 10.1 Å². The number of ether oxygens (including phenoxy) is 1. The van der Waals surface area contributed by atoms with Gasteiger partial charge in [0.15, 0.2) is 0 Å². The molecule has 1 aliphatic rings. The van der Waals surface area contributed by atoms with Crippen molar-refractivity contribution in [2.75, 3.05) is 13.2 Å². The molecule has 2 nitrogen and oxygen atoms in total. The first-order chi connectivity index (χ1) is 8.16. The molecule has 1 aliphatic heterocycles. The van der Waals surface area contributed by atoms with Gasteiger partial charge in [-0.15, -0.1) is 0 Å². The van der Waals surface area contributed by atoms with Crippen molar-refractivity contribution in [1.29, 1.82) is 0 Å². The zero-order valence-corrected chi connectivity index (χ0v) is 11.1. The summed E-state index contributed by atoms with van der Waals surface area (Å²) in [5.41, 5.74) is 2.70. The molecule has 94 valence electrons. The van der Waals surface area contributed by atoms with Gasteiger partial charge >= 0.3 is 0 Å². The minimum absolute atomic E-state index is 0.408. The van der Waals surface area contributed by atoms with Gasteiger partial charge in [0.1, 0.15) is 0 Å². The summed E-state index contributed by atoms with van der Waals surface area (Å²) in [6.45, 7) is 8.49. The SMILES string of the molecule is Cc1cccc([C@@H](C)NC(C)C2CCOC2)c1. The molecule has 2 unspecified atom stereocenters. The molecule has 0 aromatic heterocycles. The Morgan fingerprint density at radius 2 is 2.18 bits per heavy atom. The van der Waals surface area contributed by atoms with Crippen LogP contribution in [-0.4, -0.2) is 19.3 Å². The van der Waals surface area contributed by atoms with Crippen molar-refractivity contribution >= 4 is 0 Å². The van der Waals surface area contributed by atoms with Crippen LogP contribution in [-0.2, 0) is 4.74 Å². The molecule has 17 heavy (non-hydrogen) atoms. The maximum Gasteiger partial charge on any atom is 0.0509 e. The van der Waals surface area contributed by atoms with Crippen LogP contribution >= 0.6 is 0 Å². The van der Waals surface area contributed by atoms with E-state index in [1.165, 1.54) is 17.5 Å². The van der Waals surface area contributed by atoms with Crippen LogP contribution in [0.1, 0.15) is 37.4 Å². The van der Waals surface area contributed by atoms with Crippen molar-refractivity contribution in [3.05, 3.63) is 35.4 Å². The van der Waals surface area contributed by atoms with Gasteiger partial charge in [-0.3, -0.25) is 0 Å².